The minimum Gasteiger partial charge on any atom is -0.478 e. The molecule has 0 spiro atoms. The number of likely N-dealkylation sites (tertiary alicyclic amines) is 1. The molecule has 2 aromatic rings. The smallest absolute Gasteiger partial charge is 0.255 e. The van der Waals surface area contributed by atoms with Crippen LogP contribution in [0.25, 0.3) is 0 Å². The lowest BCUT2D eigenvalue weighted by Gasteiger charge is -2.16. The summed E-state index contributed by atoms with van der Waals surface area (Å²) in [7, 11) is 0. The predicted octanol–water partition coefficient (Wildman–Crippen LogP) is 2.04. The maximum atomic E-state index is 12.6. The molecule has 4 rings (SSSR count). The van der Waals surface area contributed by atoms with Gasteiger partial charge in [0.2, 0.25) is 5.88 Å². The van der Waals surface area contributed by atoms with Gasteiger partial charge in [-0.05, 0) is 32.3 Å². The first kappa shape index (κ1) is 15.1. The molecule has 1 saturated carbocycles. The minimum absolute atomic E-state index is 0.00980. The zero-order valence-corrected chi connectivity index (χ0v) is 13.8. The van der Waals surface area contributed by atoms with Crippen LogP contribution in [0.2, 0.25) is 0 Å². The zero-order chi connectivity index (χ0) is 16.5. The summed E-state index contributed by atoms with van der Waals surface area (Å²) in [5.74, 6) is 1.16. The SMILES string of the molecule is CCOc1ccc(C(=O)N2CCC(n3cc(C4CC4)nn3)C2)cn1. The van der Waals surface area contributed by atoms with Crippen LogP contribution in [0, 0.1) is 0 Å². The Morgan fingerprint density at radius 2 is 2.21 bits per heavy atom. The van der Waals surface area contributed by atoms with Crippen LogP contribution in [-0.4, -0.2) is 50.5 Å². The highest BCUT2D eigenvalue weighted by atomic mass is 16.5. The standard InChI is InChI=1S/C17H21N5O2/c1-2-24-16-6-5-13(9-18-16)17(23)21-8-7-14(10-21)22-11-15(19-20-22)12-3-4-12/h5-6,9,11-12,14H,2-4,7-8,10H2,1H3. The first-order chi connectivity index (χ1) is 11.7. The first-order valence-electron chi connectivity index (χ1n) is 8.54. The van der Waals surface area contributed by atoms with Gasteiger partial charge in [0.15, 0.2) is 0 Å². The quantitative estimate of drug-likeness (QED) is 0.840. The number of rotatable bonds is 5. The molecule has 2 aromatic heterocycles. The Labute approximate surface area is 140 Å². The second-order valence-corrected chi connectivity index (χ2v) is 6.41. The zero-order valence-electron chi connectivity index (χ0n) is 13.8. The Morgan fingerprint density at radius 3 is 2.92 bits per heavy atom. The van der Waals surface area contributed by atoms with Gasteiger partial charge in [0, 0.05) is 37.5 Å². The van der Waals surface area contributed by atoms with Crippen molar-refractivity contribution in [1.82, 2.24) is 24.9 Å². The molecule has 1 amide bonds. The number of carbonyl (C=O) groups excluding carboxylic acids is 1. The van der Waals surface area contributed by atoms with Gasteiger partial charge in [0.25, 0.3) is 5.91 Å². The van der Waals surface area contributed by atoms with Crippen molar-refractivity contribution in [2.75, 3.05) is 19.7 Å². The normalized spacial score (nSPS) is 20.4. The van der Waals surface area contributed by atoms with Gasteiger partial charge in [-0.2, -0.15) is 0 Å². The fourth-order valence-electron chi connectivity index (χ4n) is 3.10. The summed E-state index contributed by atoms with van der Waals surface area (Å²) in [5.41, 5.74) is 1.69. The summed E-state index contributed by atoms with van der Waals surface area (Å²) in [6.07, 6.45) is 6.98. The molecule has 1 aliphatic carbocycles. The van der Waals surface area contributed by atoms with Gasteiger partial charge in [-0.3, -0.25) is 4.79 Å². The number of pyridine rings is 1. The summed E-state index contributed by atoms with van der Waals surface area (Å²) < 4.78 is 7.24. The minimum atomic E-state index is 0.00980. The number of carbonyl (C=O) groups is 1. The van der Waals surface area contributed by atoms with Crippen molar-refractivity contribution in [1.29, 1.82) is 0 Å². The van der Waals surface area contributed by atoms with Crippen molar-refractivity contribution in [3.63, 3.8) is 0 Å². The average molecular weight is 327 g/mol. The van der Waals surface area contributed by atoms with Crippen LogP contribution < -0.4 is 4.74 Å². The van der Waals surface area contributed by atoms with Gasteiger partial charge in [-0.15, -0.1) is 5.10 Å². The third kappa shape index (κ3) is 2.98. The summed E-state index contributed by atoms with van der Waals surface area (Å²) in [6.45, 7) is 3.87. The molecule has 1 unspecified atom stereocenters. The second-order valence-electron chi connectivity index (χ2n) is 6.41. The fraction of sp³-hybridized carbons (Fsp3) is 0.529. The fourth-order valence-corrected chi connectivity index (χ4v) is 3.10. The predicted molar refractivity (Wildman–Crippen MR) is 87.0 cm³/mol. The Hall–Kier alpha value is -2.44. The van der Waals surface area contributed by atoms with Crippen LogP contribution in [0.4, 0.5) is 0 Å². The van der Waals surface area contributed by atoms with Crippen molar-refractivity contribution in [3.05, 3.63) is 35.8 Å². The van der Waals surface area contributed by atoms with Gasteiger partial charge in [0.05, 0.1) is 23.9 Å². The lowest BCUT2D eigenvalue weighted by molar-refractivity contribution is 0.0786. The molecule has 0 N–H and O–H groups in total. The van der Waals surface area contributed by atoms with Crippen LogP contribution in [0.1, 0.15) is 54.2 Å². The number of amides is 1. The molecule has 0 bridgehead atoms. The largest absolute Gasteiger partial charge is 0.478 e. The van der Waals surface area contributed by atoms with E-state index in [0.717, 1.165) is 18.7 Å². The van der Waals surface area contributed by atoms with Crippen LogP contribution >= 0.6 is 0 Å². The molecule has 2 aliphatic rings. The van der Waals surface area contributed by atoms with Crippen LogP contribution in [-0.2, 0) is 0 Å². The van der Waals surface area contributed by atoms with Crippen molar-refractivity contribution >= 4 is 5.91 Å². The summed E-state index contributed by atoms with van der Waals surface area (Å²) in [6, 6.07) is 3.72. The maximum absolute atomic E-state index is 12.6. The average Bonchev–Trinajstić information content (AvgIpc) is 3.13. The molecule has 0 radical (unpaired) electrons. The van der Waals surface area contributed by atoms with Crippen LogP contribution in [0.3, 0.4) is 0 Å². The van der Waals surface area contributed by atoms with Crippen molar-refractivity contribution < 1.29 is 9.53 Å². The van der Waals surface area contributed by atoms with Crippen molar-refractivity contribution in [2.45, 2.75) is 38.1 Å². The third-order valence-corrected chi connectivity index (χ3v) is 4.62. The molecular formula is C17H21N5O2. The number of hydrogen-bond acceptors (Lipinski definition) is 5. The molecule has 3 heterocycles. The lowest BCUT2D eigenvalue weighted by Crippen LogP contribution is -2.29. The van der Waals surface area contributed by atoms with E-state index in [9.17, 15) is 4.79 Å². The molecule has 126 valence electrons. The Morgan fingerprint density at radius 1 is 1.33 bits per heavy atom. The van der Waals surface area contributed by atoms with E-state index in [4.69, 9.17) is 4.74 Å². The van der Waals surface area contributed by atoms with Crippen LogP contribution in [0.15, 0.2) is 24.5 Å². The Bertz CT molecular complexity index is 723. The summed E-state index contributed by atoms with van der Waals surface area (Å²) in [4.78, 5) is 18.6. The molecule has 24 heavy (non-hydrogen) atoms. The van der Waals surface area contributed by atoms with E-state index in [-0.39, 0.29) is 11.9 Å². The molecule has 1 atom stereocenters. The van der Waals surface area contributed by atoms with Gasteiger partial charge >= 0.3 is 0 Å². The third-order valence-electron chi connectivity index (χ3n) is 4.62. The van der Waals surface area contributed by atoms with E-state index < -0.39 is 0 Å². The van der Waals surface area contributed by atoms with Gasteiger partial charge in [-0.1, -0.05) is 5.21 Å². The van der Waals surface area contributed by atoms with Crippen molar-refractivity contribution in [3.8, 4) is 5.88 Å². The highest BCUT2D eigenvalue weighted by molar-refractivity contribution is 5.94. The lowest BCUT2D eigenvalue weighted by atomic mass is 10.2. The Balaban J connectivity index is 1.40. The number of nitrogens with zero attached hydrogens (tertiary/aromatic N) is 5. The van der Waals surface area contributed by atoms with Crippen molar-refractivity contribution in [2.24, 2.45) is 0 Å². The number of ether oxygens (including phenoxy) is 1. The molecule has 2 fully saturated rings. The molecule has 7 heteroatoms. The van der Waals surface area contributed by atoms with Gasteiger partial charge in [0.1, 0.15) is 0 Å². The summed E-state index contributed by atoms with van der Waals surface area (Å²) >= 11 is 0. The Kier molecular flexibility index (Phi) is 3.92. The molecule has 1 saturated heterocycles. The molecular weight excluding hydrogens is 306 g/mol. The van der Waals surface area contributed by atoms with E-state index in [0.29, 0.717) is 30.5 Å². The van der Waals surface area contributed by atoms with E-state index in [2.05, 4.69) is 21.5 Å². The van der Waals surface area contributed by atoms with E-state index in [1.165, 1.54) is 12.8 Å². The van der Waals surface area contributed by atoms with E-state index >= 15 is 0 Å². The second kappa shape index (κ2) is 6.22. The molecule has 0 aromatic carbocycles. The highest BCUT2D eigenvalue weighted by Gasteiger charge is 2.31. The maximum Gasteiger partial charge on any atom is 0.255 e. The highest BCUT2D eigenvalue weighted by Crippen LogP contribution is 2.39. The number of aromatic nitrogens is 4. The first-order valence-corrected chi connectivity index (χ1v) is 8.54. The summed E-state index contributed by atoms with van der Waals surface area (Å²) in [5, 5.41) is 8.52. The topological polar surface area (TPSA) is 73.1 Å². The molecule has 7 nitrogen and oxygen atoms in total. The monoisotopic (exact) mass is 327 g/mol. The van der Waals surface area contributed by atoms with Crippen LogP contribution in [0.5, 0.6) is 5.88 Å². The van der Waals surface area contributed by atoms with Gasteiger partial charge < -0.3 is 9.64 Å². The number of hydrogen-bond donors (Lipinski definition) is 0. The van der Waals surface area contributed by atoms with E-state index in [1.54, 1.807) is 18.3 Å². The van der Waals surface area contributed by atoms with E-state index in [1.807, 2.05) is 16.5 Å². The molecule has 1 aliphatic heterocycles. The van der Waals surface area contributed by atoms with Gasteiger partial charge in [-0.25, -0.2) is 9.67 Å².